The number of hydrogen-bond acceptors (Lipinski definition) is 5. The first-order valence-corrected chi connectivity index (χ1v) is 7.16. The number of carbonyl (C=O) groups is 2. The van der Waals surface area contributed by atoms with Crippen molar-refractivity contribution in [2.45, 2.75) is 26.7 Å². The van der Waals surface area contributed by atoms with Gasteiger partial charge in [0.1, 0.15) is 0 Å². The highest BCUT2D eigenvalue weighted by molar-refractivity contribution is 5.96. The number of hydrogen-bond donors (Lipinski definition) is 1. The van der Waals surface area contributed by atoms with Gasteiger partial charge in [-0.2, -0.15) is 0 Å². The van der Waals surface area contributed by atoms with Crippen molar-refractivity contribution in [3.8, 4) is 0 Å². The second kappa shape index (κ2) is 6.98. The quantitative estimate of drug-likeness (QED) is 0.788. The fourth-order valence-corrected chi connectivity index (χ4v) is 2.20. The molecular weight excluding hydrogens is 282 g/mol. The van der Waals surface area contributed by atoms with Gasteiger partial charge >= 0.3 is 0 Å². The molecule has 1 heterocycles. The lowest BCUT2D eigenvalue weighted by Crippen LogP contribution is -2.27. The molecule has 0 saturated heterocycles. The predicted molar refractivity (Wildman–Crippen MR) is 80.0 cm³/mol. The number of amides is 1. The molecule has 0 radical (unpaired) electrons. The van der Waals surface area contributed by atoms with Gasteiger partial charge in [-0.05, 0) is 11.5 Å². The van der Waals surface area contributed by atoms with Crippen LogP contribution in [-0.2, 0) is 11.2 Å². The summed E-state index contributed by atoms with van der Waals surface area (Å²) in [5.41, 5.74) is 6.21. The van der Waals surface area contributed by atoms with E-state index in [0.29, 0.717) is 12.3 Å². The number of aromatic nitrogens is 2. The molecule has 1 aromatic heterocycles. The highest BCUT2D eigenvalue weighted by Gasteiger charge is 2.29. The Kier molecular flexibility index (Phi) is 5.04. The van der Waals surface area contributed by atoms with Gasteiger partial charge < -0.3 is 10.2 Å². The van der Waals surface area contributed by atoms with Gasteiger partial charge in [0, 0.05) is 12.3 Å². The van der Waals surface area contributed by atoms with Crippen LogP contribution in [0.5, 0.6) is 0 Å². The molecule has 6 heteroatoms. The molecule has 1 amide bonds. The highest BCUT2D eigenvalue weighted by atomic mass is 16.4. The molecule has 0 aliphatic heterocycles. The van der Waals surface area contributed by atoms with Crippen LogP contribution in [0.15, 0.2) is 34.7 Å². The molecule has 1 unspecified atom stereocenters. The minimum absolute atomic E-state index is 0.0209. The van der Waals surface area contributed by atoms with Gasteiger partial charge in [0.05, 0.1) is 6.42 Å². The molecule has 6 nitrogen and oxygen atoms in total. The Morgan fingerprint density at radius 2 is 1.86 bits per heavy atom. The molecule has 1 atom stereocenters. The Balaban J connectivity index is 2.12. The number of benzene rings is 1. The fraction of sp³-hybridized carbons (Fsp3) is 0.375. The van der Waals surface area contributed by atoms with Gasteiger partial charge in [-0.15, -0.1) is 10.2 Å². The number of nitrogens with two attached hydrogens (primary N) is 1. The molecule has 22 heavy (non-hydrogen) atoms. The van der Waals surface area contributed by atoms with E-state index in [1.54, 1.807) is 0 Å². The van der Waals surface area contributed by atoms with Crippen molar-refractivity contribution in [3.05, 3.63) is 47.7 Å². The molecule has 0 aliphatic carbocycles. The second-order valence-corrected chi connectivity index (χ2v) is 5.55. The number of ketones is 1. The Bertz CT molecular complexity index is 650. The van der Waals surface area contributed by atoms with Gasteiger partial charge in [0.2, 0.25) is 17.6 Å². The van der Waals surface area contributed by atoms with Crippen LogP contribution in [0.2, 0.25) is 0 Å². The first-order valence-electron chi connectivity index (χ1n) is 7.16. The molecule has 2 rings (SSSR count). The van der Waals surface area contributed by atoms with E-state index in [4.69, 9.17) is 10.2 Å². The Morgan fingerprint density at radius 1 is 1.18 bits per heavy atom. The van der Waals surface area contributed by atoms with E-state index in [-0.39, 0.29) is 24.0 Å². The van der Waals surface area contributed by atoms with Crippen molar-refractivity contribution < 1.29 is 14.0 Å². The number of primary amides is 1. The summed E-state index contributed by atoms with van der Waals surface area (Å²) in [6, 6.07) is 9.63. The minimum Gasteiger partial charge on any atom is -0.418 e. The Hall–Kier alpha value is -2.50. The lowest BCUT2D eigenvalue weighted by atomic mass is 9.88. The van der Waals surface area contributed by atoms with E-state index in [0.717, 1.165) is 5.56 Å². The zero-order chi connectivity index (χ0) is 16.1. The Morgan fingerprint density at radius 3 is 2.45 bits per heavy atom. The lowest BCUT2D eigenvalue weighted by molar-refractivity contribution is -0.118. The van der Waals surface area contributed by atoms with Crippen LogP contribution in [0, 0.1) is 11.8 Å². The summed E-state index contributed by atoms with van der Waals surface area (Å²) < 4.78 is 5.44. The van der Waals surface area contributed by atoms with Crippen LogP contribution >= 0.6 is 0 Å². The van der Waals surface area contributed by atoms with Crippen LogP contribution in [0.1, 0.15) is 42.4 Å². The first-order chi connectivity index (χ1) is 10.5. The molecule has 2 N–H and O–H groups in total. The zero-order valence-corrected chi connectivity index (χ0v) is 12.7. The summed E-state index contributed by atoms with van der Waals surface area (Å²) in [4.78, 5) is 23.5. The van der Waals surface area contributed by atoms with E-state index in [2.05, 4.69) is 10.2 Å². The zero-order valence-electron chi connectivity index (χ0n) is 12.7. The third-order valence-electron chi connectivity index (χ3n) is 3.44. The summed E-state index contributed by atoms with van der Waals surface area (Å²) in [5, 5.41) is 7.70. The molecule has 0 aliphatic rings. The van der Waals surface area contributed by atoms with E-state index < -0.39 is 11.8 Å². The maximum absolute atomic E-state index is 12.4. The topological polar surface area (TPSA) is 99.1 Å². The van der Waals surface area contributed by atoms with Gasteiger partial charge in [-0.3, -0.25) is 9.59 Å². The number of Topliss-reactive ketones (excluding diaryl/α,β-unsaturated/α-hetero) is 1. The van der Waals surface area contributed by atoms with Crippen molar-refractivity contribution >= 4 is 11.7 Å². The molecule has 1 aromatic carbocycles. The van der Waals surface area contributed by atoms with Crippen molar-refractivity contribution in [2.24, 2.45) is 17.6 Å². The van der Waals surface area contributed by atoms with E-state index in [9.17, 15) is 9.59 Å². The molecule has 0 spiro atoms. The highest BCUT2D eigenvalue weighted by Crippen LogP contribution is 2.20. The van der Waals surface area contributed by atoms with E-state index in [1.807, 2.05) is 44.2 Å². The average molecular weight is 301 g/mol. The van der Waals surface area contributed by atoms with Crippen LogP contribution in [0.3, 0.4) is 0 Å². The summed E-state index contributed by atoms with van der Waals surface area (Å²) in [7, 11) is 0. The number of rotatable bonds is 7. The van der Waals surface area contributed by atoms with E-state index in [1.165, 1.54) is 0 Å². The Labute approximate surface area is 128 Å². The standard InChI is InChI=1S/C16H19N3O3/c1-10(2)12(9-13(17)20)15(21)16-19-18-14(22-16)8-11-6-4-3-5-7-11/h3-7,10,12H,8-9H2,1-2H3,(H2,17,20). The maximum Gasteiger partial charge on any atom is 0.284 e. The summed E-state index contributed by atoms with van der Waals surface area (Å²) in [5.74, 6) is -1.12. The van der Waals surface area contributed by atoms with Gasteiger partial charge in [0.15, 0.2) is 0 Å². The monoisotopic (exact) mass is 301 g/mol. The third-order valence-corrected chi connectivity index (χ3v) is 3.44. The van der Waals surface area contributed by atoms with Gasteiger partial charge in [0.25, 0.3) is 5.89 Å². The molecule has 0 bridgehead atoms. The van der Waals surface area contributed by atoms with Crippen LogP contribution in [-0.4, -0.2) is 21.9 Å². The molecule has 0 fully saturated rings. The fourth-order valence-electron chi connectivity index (χ4n) is 2.20. The molecular formula is C16H19N3O3. The average Bonchev–Trinajstić information content (AvgIpc) is 2.93. The lowest BCUT2D eigenvalue weighted by Gasteiger charge is -2.15. The normalized spacial score (nSPS) is 12.3. The van der Waals surface area contributed by atoms with E-state index >= 15 is 0 Å². The van der Waals surface area contributed by atoms with Crippen molar-refractivity contribution in [1.29, 1.82) is 0 Å². The summed E-state index contributed by atoms with van der Waals surface area (Å²) >= 11 is 0. The first kappa shape index (κ1) is 15.9. The van der Waals surface area contributed by atoms with Crippen molar-refractivity contribution in [1.82, 2.24) is 10.2 Å². The number of nitrogens with zero attached hydrogens (tertiary/aromatic N) is 2. The van der Waals surface area contributed by atoms with Crippen molar-refractivity contribution in [2.75, 3.05) is 0 Å². The third kappa shape index (κ3) is 4.00. The summed E-state index contributed by atoms with van der Waals surface area (Å²) in [6.45, 7) is 3.71. The van der Waals surface area contributed by atoms with Crippen LogP contribution < -0.4 is 5.73 Å². The number of carbonyl (C=O) groups excluding carboxylic acids is 2. The SMILES string of the molecule is CC(C)C(CC(N)=O)C(=O)c1nnc(Cc2ccccc2)o1. The summed E-state index contributed by atoms with van der Waals surface area (Å²) in [6.07, 6.45) is 0.441. The minimum atomic E-state index is -0.539. The molecule has 2 aromatic rings. The smallest absolute Gasteiger partial charge is 0.284 e. The second-order valence-electron chi connectivity index (χ2n) is 5.55. The maximum atomic E-state index is 12.4. The van der Waals surface area contributed by atoms with Crippen LogP contribution in [0.25, 0.3) is 0 Å². The predicted octanol–water partition coefficient (Wildman–Crippen LogP) is 1.99. The van der Waals surface area contributed by atoms with Gasteiger partial charge in [-0.25, -0.2) is 0 Å². The molecule has 116 valence electrons. The largest absolute Gasteiger partial charge is 0.418 e. The van der Waals surface area contributed by atoms with Crippen molar-refractivity contribution in [3.63, 3.8) is 0 Å². The van der Waals surface area contributed by atoms with Gasteiger partial charge in [-0.1, -0.05) is 44.2 Å². The van der Waals surface area contributed by atoms with Crippen LogP contribution in [0.4, 0.5) is 0 Å². The molecule has 0 saturated carbocycles.